The minimum absolute atomic E-state index is 0.135. The summed E-state index contributed by atoms with van der Waals surface area (Å²) in [4.78, 5) is 13.2. The second kappa shape index (κ2) is 11.2. The van der Waals surface area contributed by atoms with Gasteiger partial charge in [0.15, 0.2) is 0 Å². The van der Waals surface area contributed by atoms with E-state index in [0.717, 1.165) is 25.7 Å². The van der Waals surface area contributed by atoms with Gasteiger partial charge in [-0.2, -0.15) is 0 Å². The number of hydrogen-bond donors (Lipinski definition) is 1. The second-order valence-corrected chi connectivity index (χ2v) is 7.27. The molecule has 1 aliphatic rings. The van der Waals surface area contributed by atoms with Crippen LogP contribution in [0, 0.1) is 0 Å². The molecule has 0 unspecified atom stereocenters. The van der Waals surface area contributed by atoms with E-state index in [4.69, 9.17) is 0 Å². The molecule has 3 heteroatoms. The fourth-order valence-electron chi connectivity index (χ4n) is 3.57. The van der Waals surface area contributed by atoms with Crippen molar-refractivity contribution >= 4 is 5.78 Å². The van der Waals surface area contributed by atoms with Gasteiger partial charge in [-0.15, -0.1) is 0 Å². The van der Waals surface area contributed by atoms with Gasteiger partial charge in [-0.3, -0.25) is 4.90 Å². The molecule has 1 saturated heterocycles. The third-order valence-electron chi connectivity index (χ3n) is 5.39. The van der Waals surface area contributed by atoms with E-state index >= 15 is 0 Å². The van der Waals surface area contributed by atoms with Crippen molar-refractivity contribution in [2.75, 3.05) is 7.05 Å². The molecule has 0 aliphatic carbocycles. The van der Waals surface area contributed by atoms with Crippen molar-refractivity contribution < 1.29 is 9.90 Å². The van der Waals surface area contributed by atoms with Crippen molar-refractivity contribution in [3.05, 3.63) is 0 Å². The topological polar surface area (TPSA) is 40.5 Å². The number of likely N-dealkylation sites (tertiary alicyclic amines) is 1. The molecule has 130 valence electrons. The van der Waals surface area contributed by atoms with Crippen LogP contribution in [0.25, 0.3) is 0 Å². The maximum atomic E-state index is 10.8. The molecule has 1 N–H and O–H groups in total. The summed E-state index contributed by atoms with van der Waals surface area (Å²) in [6, 6.07) is 0.985. The zero-order chi connectivity index (χ0) is 16.4. The van der Waals surface area contributed by atoms with Gasteiger partial charge < -0.3 is 9.90 Å². The molecule has 0 saturated carbocycles. The van der Waals surface area contributed by atoms with E-state index in [0.29, 0.717) is 17.9 Å². The van der Waals surface area contributed by atoms with Crippen molar-refractivity contribution in [2.24, 2.45) is 0 Å². The number of ketones is 1. The van der Waals surface area contributed by atoms with Crippen molar-refractivity contribution in [2.45, 2.75) is 109 Å². The number of hydrogen-bond acceptors (Lipinski definition) is 3. The van der Waals surface area contributed by atoms with Crippen LogP contribution >= 0.6 is 0 Å². The summed E-state index contributed by atoms with van der Waals surface area (Å²) in [6.45, 7) is 3.83. The lowest BCUT2D eigenvalue weighted by molar-refractivity contribution is -0.117. The monoisotopic (exact) mass is 311 g/mol. The molecule has 0 bridgehead atoms. The van der Waals surface area contributed by atoms with Crippen LogP contribution in [-0.2, 0) is 4.79 Å². The molecular formula is C19H37NO2. The van der Waals surface area contributed by atoms with Crippen LogP contribution in [0.15, 0.2) is 0 Å². The van der Waals surface area contributed by atoms with Gasteiger partial charge in [0, 0.05) is 18.5 Å². The van der Waals surface area contributed by atoms with Gasteiger partial charge in [-0.05, 0) is 46.6 Å². The summed E-state index contributed by atoms with van der Waals surface area (Å²) >= 11 is 0. The van der Waals surface area contributed by atoms with Crippen molar-refractivity contribution in [3.8, 4) is 0 Å². The van der Waals surface area contributed by atoms with Gasteiger partial charge >= 0.3 is 0 Å². The lowest BCUT2D eigenvalue weighted by Crippen LogP contribution is -2.49. The van der Waals surface area contributed by atoms with Crippen LogP contribution in [0.4, 0.5) is 0 Å². The molecule has 0 aromatic rings. The lowest BCUT2D eigenvalue weighted by Gasteiger charge is -2.41. The molecule has 0 aromatic carbocycles. The van der Waals surface area contributed by atoms with E-state index in [1.54, 1.807) is 6.92 Å². The first-order chi connectivity index (χ1) is 10.5. The number of rotatable bonds is 11. The predicted molar refractivity (Wildman–Crippen MR) is 93.1 cm³/mol. The molecule has 1 fully saturated rings. The largest absolute Gasteiger partial charge is 0.392 e. The fourth-order valence-corrected chi connectivity index (χ4v) is 3.57. The van der Waals surface area contributed by atoms with Gasteiger partial charge in [0.25, 0.3) is 0 Å². The Labute approximate surface area is 137 Å². The Kier molecular flexibility index (Phi) is 9.98. The molecule has 22 heavy (non-hydrogen) atoms. The predicted octanol–water partition coefficient (Wildman–Crippen LogP) is 4.32. The van der Waals surface area contributed by atoms with Gasteiger partial charge in [-0.25, -0.2) is 0 Å². The second-order valence-electron chi connectivity index (χ2n) is 7.27. The van der Waals surface area contributed by atoms with E-state index in [-0.39, 0.29) is 6.10 Å². The van der Waals surface area contributed by atoms with Crippen molar-refractivity contribution in [3.63, 3.8) is 0 Å². The van der Waals surface area contributed by atoms with E-state index in [2.05, 4.69) is 18.9 Å². The van der Waals surface area contributed by atoms with Crippen LogP contribution in [0.5, 0.6) is 0 Å². The molecule has 0 aromatic heterocycles. The molecule has 1 rings (SSSR count). The summed E-state index contributed by atoms with van der Waals surface area (Å²) in [5, 5.41) is 9.87. The number of piperidine rings is 1. The third-order valence-corrected chi connectivity index (χ3v) is 5.39. The SMILES string of the molecule is CC(=O)CCCCCCCCCC[C@H]1CC[C@@H](O)[C@H](C)N1C. The number of aliphatic hydroxyl groups excluding tert-OH is 1. The molecule has 1 heterocycles. The van der Waals surface area contributed by atoms with Crippen LogP contribution in [0.1, 0.15) is 90.9 Å². The fraction of sp³-hybridized carbons (Fsp3) is 0.947. The summed E-state index contributed by atoms with van der Waals surface area (Å²) in [7, 11) is 2.17. The van der Waals surface area contributed by atoms with Crippen molar-refractivity contribution in [1.29, 1.82) is 0 Å². The zero-order valence-electron chi connectivity index (χ0n) is 15.0. The van der Waals surface area contributed by atoms with Crippen LogP contribution in [0.3, 0.4) is 0 Å². The number of unbranched alkanes of at least 4 members (excludes halogenated alkanes) is 7. The normalized spacial score (nSPS) is 26.3. The van der Waals surface area contributed by atoms with Gasteiger partial charge in [0.05, 0.1) is 6.10 Å². The highest BCUT2D eigenvalue weighted by Crippen LogP contribution is 2.25. The summed E-state index contributed by atoms with van der Waals surface area (Å²) in [5.41, 5.74) is 0. The average Bonchev–Trinajstić information content (AvgIpc) is 2.48. The highest BCUT2D eigenvalue weighted by atomic mass is 16.3. The molecule has 0 amide bonds. The number of nitrogens with zero attached hydrogens (tertiary/aromatic N) is 1. The smallest absolute Gasteiger partial charge is 0.129 e. The van der Waals surface area contributed by atoms with Crippen LogP contribution in [0.2, 0.25) is 0 Å². The highest BCUT2D eigenvalue weighted by molar-refractivity contribution is 5.75. The van der Waals surface area contributed by atoms with E-state index < -0.39 is 0 Å². The maximum Gasteiger partial charge on any atom is 0.129 e. The Morgan fingerprint density at radius 2 is 1.55 bits per heavy atom. The summed E-state index contributed by atoms with van der Waals surface area (Å²) in [5.74, 6) is 0.328. The minimum Gasteiger partial charge on any atom is -0.392 e. The first-order valence-corrected chi connectivity index (χ1v) is 9.41. The zero-order valence-corrected chi connectivity index (χ0v) is 15.0. The summed E-state index contributed by atoms with van der Waals surface area (Å²) in [6.07, 6.45) is 14.3. The van der Waals surface area contributed by atoms with E-state index in [1.807, 2.05) is 0 Å². The van der Waals surface area contributed by atoms with E-state index in [1.165, 1.54) is 51.4 Å². The molecule has 3 atom stereocenters. The summed E-state index contributed by atoms with van der Waals surface area (Å²) < 4.78 is 0. The number of carbonyl (C=O) groups excluding carboxylic acids is 1. The van der Waals surface area contributed by atoms with Gasteiger partial charge in [-0.1, -0.05) is 44.9 Å². The number of likely N-dealkylation sites (N-methyl/N-ethyl adjacent to an activating group) is 1. The molecule has 0 radical (unpaired) electrons. The lowest BCUT2D eigenvalue weighted by atomic mass is 9.91. The molecular weight excluding hydrogens is 274 g/mol. The first-order valence-electron chi connectivity index (χ1n) is 9.41. The Morgan fingerprint density at radius 1 is 1.00 bits per heavy atom. The quantitative estimate of drug-likeness (QED) is 0.578. The molecule has 3 nitrogen and oxygen atoms in total. The Balaban J connectivity index is 1.92. The standard InChI is InChI=1S/C19H37NO2/c1-16(21)12-10-8-6-4-5-7-9-11-13-18-14-15-19(22)17(2)20(18)3/h17-19,22H,4-15H2,1-3H3/t17-,18-,19+/m0/s1. The molecule has 1 aliphatic heterocycles. The maximum absolute atomic E-state index is 10.8. The Bertz CT molecular complexity index is 306. The number of aliphatic hydroxyl groups is 1. The number of carbonyl (C=O) groups is 1. The van der Waals surface area contributed by atoms with Gasteiger partial charge in [0.2, 0.25) is 0 Å². The highest BCUT2D eigenvalue weighted by Gasteiger charge is 2.30. The van der Waals surface area contributed by atoms with Crippen LogP contribution < -0.4 is 0 Å². The minimum atomic E-state index is -0.135. The Morgan fingerprint density at radius 3 is 2.14 bits per heavy atom. The van der Waals surface area contributed by atoms with Gasteiger partial charge in [0.1, 0.15) is 5.78 Å². The molecule has 0 spiro atoms. The first kappa shape index (κ1) is 19.6. The van der Waals surface area contributed by atoms with Crippen LogP contribution in [-0.4, -0.2) is 41.0 Å². The Hall–Kier alpha value is -0.410. The number of Topliss-reactive ketones (excluding diaryl/α,β-unsaturated/α-hetero) is 1. The average molecular weight is 312 g/mol. The van der Waals surface area contributed by atoms with Crippen molar-refractivity contribution in [1.82, 2.24) is 4.90 Å². The van der Waals surface area contributed by atoms with E-state index in [9.17, 15) is 9.90 Å². The third kappa shape index (κ3) is 7.73.